The van der Waals surface area contributed by atoms with Crippen LogP contribution in [-0.2, 0) is 0 Å². The van der Waals surface area contributed by atoms with Gasteiger partial charge in [0.05, 0.1) is 6.04 Å². The molecule has 0 radical (unpaired) electrons. The Balaban J connectivity index is 2.40. The van der Waals surface area contributed by atoms with Gasteiger partial charge in [-0.15, -0.1) is 0 Å². The van der Waals surface area contributed by atoms with Gasteiger partial charge in [-0.3, -0.25) is 11.3 Å². The highest BCUT2D eigenvalue weighted by molar-refractivity contribution is 5.25. The maximum Gasteiger partial charge on any atom is 0.128 e. The van der Waals surface area contributed by atoms with Crippen molar-refractivity contribution in [3.05, 3.63) is 35.4 Å². The van der Waals surface area contributed by atoms with Gasteiger partial charge in [-0.05, 0) is 48.8 Å². The molecule has 0 aliphatic heterocycles. The van der Waals surface area contributed by atoms with E-state index < -0.39 is 5.82 Å². The summed E-state index contributed by atoms with van der Waals surface area (Å²) in [6.45, 7) is 4.32. The SMILES string of the molecule is CC(C)CC1(C(NN)c2cc(F)ccc2F)CCCC1. The number of hydrazine groups is 1. The van der Waals surface area contributed by atoms with Gasteiger partial charge in [0.2, 0.25) is 0 Å². The van der Waals surface area contributed by atoms with Gasteiger partial charge in [0.25, 0.3) is 0 Å². The quantitative estimate of drug-likeness (QED) is 0.631. The molecule has 0 saturated heterocycles. The van der Waals surface area contributed by atoms with Crippen LogP contribution in [0.5, 0.6) is 0 Å². The van der Waals surface area contributed by atoms with E-state index in [1.54, 1.807) is 0 Å². The molecule has 1 aliphatic rings. The summed E-state index contributed by atoms with van der Waals surface area (Å²) in [6, 6.07) is 3.28. The lowest BCUT2D eigenvalue weighted by Crippen LogP contribution is -2.41. The number of rotatable bonds is 5. The number of nitrogens with one attached hydrogen (secondary N) is 1. The van der Waals surface area contributed by atoms with Crippen LogP contribution in [0, 0.1) is 23.0 Å². The van der Waals surface area contributed by atoms with E-state index in [-0.39, 0.29) is 17.3 Å². The third-order valence-electron chi connectivity index (χ3n) is 4.46. The molecule has 0 heterocycles. The van der Waals surface area contributed by atoms with Crippen LogP contribution in [0.25, 0.3) is 0 Å². The highest BCUT2D eigenvalue weighted by Crippen LogP contribution is 2.51. The van der Waals surface area contributed by atoms with Gasteiger partial charge in [0.15, 0.2) is 0 Å². The Kier molecular flexibility index (Phi) is 4.76. The fraction of sp³-hybridized carbons (Fsp3) is 0.625. The maximum atomic E-state index is 14.1. The Hall–Kier alpha value is -1.00. The molecule has 0 aromatic heterocycles. The Labute approximate surface area is 119 Å². The first-order valence-electron chi connectivity index (χ1n) is 7.39. The molecule has 1 unspecified atom stereocenters. The molecular weight excluding hydrogens is 258 g/mol. The van der Waals surface area contributed by atoms with Crippen LogP contribution in [-0.4, -0.2) is 0 Å². The number of halogens is 2. The highest BCUT2D eigenvalue weighted by atomic mass is 19.1. The molecule has 1 aromatic rings. The van der Waals surface area contributed by atoms with Crippen LogP contribution in [0.4, 0.5) is 8.78 Å². The minimum atomic E-state index is -0.417. The summed E-state index contributed by atoms with van der Waals surface area (Å²) in [4.78, 5) is 0. The summed E-state index contributed by atoms with van der Waals surface area (Å²) >= 11 is 0. The smallest absolute Gasteiger partial charge is 0.128 e. The lowest BCUT2D eigenvalue weighted by Gasteiger charge is -2.39. The molecule has 1 atom stereocenters. The molecule has 1 aromatic carbocycles. The van der Waals surface area contributed by atoms with Crippen molar-refractivity contribution < 1.29 is 8.78 Å². The van der Waals surface area contributed by atoms with E-state index in [0.717, 1.165) is 38.2 Å². The third-order valence-corrected chi connectivity index (χ3v) is 4.46. The predicted molar refractivity (Wildman–Crippen MR) is 76.8 cm³/mol. The zero-order chi connectivity index (χ0) is 14.8. The minimum Gasteiger partial charge on any atom is -0.271 e. The molecule has 112 valence electrons. The van der Waals surface area contributed by atoms with Gasteiger partial charge in [-0.1, -0.05) is 26.7 Å². The van der Waals surface area contributed by atoms with Crippen LogP contribution < -0.4 is 11.3 Å². The van der Waals surface area contributed by atoms with E-state index in [2.05, 4.69) is 19.3 Å². The summed E-state index contributed by atoms with van der Waals surface area (Å²) in [6.07, 6.45) is 5.24. The van der Waals surface area contributed by atoms with Crippen molar-refractivity contribution in [2.75, 3.05) is 0 Å². The first-order chi connectivity index (χ1) is 9.48. The van der Waals surface area contributed by atoms with Crippen LogP contribution >= 0.6 is 0 Å². The predicted octanol–water partition coefficient (Wildman–Crippen LogP) is 4.08. The average molecular weight is 282 g/mol. The van der Waals surface area contributed by atoms with Gasteiger partial charge in [-0.2, -0.15) is 0 Å². The Bertz CT molecular complexity index is 454. The van der Waals surface area contributed by atoms with Crippen molar-refractivity contribution in [2.24, 2.45) is 17.2 Å². The van der Waals surface area contributed by atoms with Crippen molar-refractivity contribution in [3.63, 3.8) is 0 Å². The topological polar surface area (TPSA) is 38.0 Å². The molecule has 4 heteroatoms. The first-order valence-corrected chi connectivity index (χ1v) is 7.39. The molecule has 2 rings (SSSR count). The Morgan fingerprint density at radius 1 is 1.25 bits per heavy atom. The van der Waals surface area contributed by atoms with E-state index in [1.807, 2.05) is 0 Å². The van der Waals surface area contributed by atoms with E-state index in [9.17, 15) is 8.78 Å². The molecule has 20 heavy (non-hydrogen) atoms. The van der Waals surface area contributed by atoms with Crippen molar-refractivity contribution in [1.29, 1.82) is 0 Å². The van der Waals surface area contributed by atoms with E-state index in [4.69, 9.17) is 5.84 Å². The number of benzene rings is 1. The number of nitrogens with two attached hydrogens (primary N) is 1. The lowest BCUT2D eigenvalue weighted by atomic mass is 9.70. The monoisotopic (exact) mass is 282 g/mol. The molecule has 1 fully saturated rings. The first kappa shape index (κ1) is 15.4. The third kappa shape index (κ3) is 3.01. The van der Waals surface area contributed by atoms with E-state index in [1.165, 1.54) is 12.1 Å². The minimum absolute atomic E-state index is 0.0719. The van der Waals surface area contributed by atoms with Gasteiger partial charge in [0, 0.05) is 5.56 Å². The van der Waals surface area contributed by atoms with Crippen LogP contribution in [0.1, 0.15) is 57.6 Å². The molecule has 3 N–H and O–H groups in total. The van der Waals surface area contributed by atoms with E-state index in [0.29, 0.717) is 11.5 Å². The second-order valence-electron chi connectivity index (χ2n) is 6.43. The number of hydrogen-bond donors (Lipinski definition) is 2. The average Bonchev–Trinajstić information content (AvgIpc) is 2.83. The summed E-state index contributed by atoms with van der Waals surface area (Å²) in [5.74, 6) is 5.42. The van der Waals surface area contributed by atoms with Gasteiger partial charge >= 0.3 is 0 Å². The van der Waals surface area contributed by atoms with Crippen molar-refractivity contribution in [3.8, 4) is 0 Å². The fourth-order valence-corrected chi connectivity index (χ4v) is 3.84. The summed E-state index contributed by atoms with van der Waals surface area (Å²) in [7, 11) is 0. The highest BCUT2D eigenvalue weighted by Gasteiger charge is 2.42. The molecule has 0 amide bonds. The molecule has 2 nitrogen and oxygen atoms in total. The van der Waals surface area contributed by atoms with Crippen LogP contribution in [0.15, 0.2) is 18.2 Å². The summed E-state index contributed by atoms with van der Waals surface area (Å²) in [5, 5.41) is 0. The van der Waals surface area contributed by atoms with Crippen molar-refractivity contribution in [2.45, 2.75) is 52.0 Å². The summed E-state index contributed by atoms with van der Waals surface area (Å²) < 4.78 is 27.6. The molecule has 0 spiro atoms. The van der Waals surface area contributed by atoms with Crippen molar-refractivity contribution in [1.82, 2.24) is 5.43 Å². The zero-order valence-electron chi connectivity index (χ0n) is 12.3. The maximum absolute atomic E-state index is 14.1. The van der Waals surface area contributed by atoms with Gasteiger partial charge in [0.1, 0.15) is 11.6 Å². The summed E-state index contributed by atoms with van der Waals surface area (Å²) in [5.41, 5.74) is 3.05. The normalized spacial score (nSPS) is 19.5. The van der Waals surface area contributed by atoms with Crippen LogP contribution in [0.3, 0.4) is 0 Å². The fourth-order valence-electron chi connectivity index (χ4n) is 3.84. The largest absolute Gasteiger partial charge is 0.271 e. The zero-order valence-corrected chi connectivity index (χ0v) is 12.3. The van der Waals surface area contributed by atoms with Crippen LogP contribution in [0.2, 0.25) is 0 Å². The van der Waals surface area contributed by atoms with Gasteiger partial charge < -0.3 is 0 Å². The Morgan fingerprint density at radius 3 is 2.45 bits per heavy atom. The molecule has 1 saturated carbocycles. The van der Waals surface area contributed by atoms with E-state index >= 15 is 0 Å². The van der Waals surface area contributed by atoms with Gasteiger partial charge in [-0.25, -0.2) is 8.78 Å². The van der Waals surface area contributed by atoms with Crippen molar-refractivity contribution >= 4 is 0 Å². The number of hydrogen-bond acceptors (Lipinski definition) is 2. The second-order valence-corrected chi connectivity index (χ2v) is 6.43. The standard InChI is InChI=1S/C16H24F2N2/c1-11(2)10-16(7-3-4-8-16)15(20-19)13-9-12(17)5-6-14(13)18/h5-6,9,11,15,20H,3-4,7-8,10,19H2,1-2H3. The second kappa shape index (κ2) is 6.19. The molecular formula is C16H24F2N2. The lowest BCUT2D eigenvalue weighted by molar-refractivity contribution is 0.152. The molecule has 1 aliphatic carbocycles. The molecule has 0 bridgehead atoms. The Morgan fingerprint density at radius 2 is 1.90 bits per heavy atom.